The summed E-state index contributed by atoms with van der Waals surface area (Å²) >= 11 is 0. The summed E-state index contributed by atoms with van der Waals surface area (Å²) in [6.07, 6.45) is 2.43. The normalized spacial score (nSPS) is 24.3. The van der Waals surface area contributed by atoms with Crippen LogP contribution in [0.2, 0.25) is 0 Å². The monoisotopic (exact) mass is 260 g/mol. The molecule has 1 N–H and O–H groups in total. The Morgan fingerprint density at radius 1 is 1.26 bits per heavy atom. The predicted octanol–water partition coefficient (Wildman–Crippen LogP) is 3.24. The van der Waals surface area contributed by atoms with Crippen molar-refractivity contribution in [1.82, 2.24) is 10.2 Å². The number of hydrogen-bond donors (Lipinski definition) is 1. The fourth-order valence-electron chi connectivity index (χ4n) is 3.35. The summed E-state index contributed by atoms with van der Waals surface area (Å²) in [5.74, 6) is 0.736. The Hall–Kier alpha value is -0.860. The van der Waals surface area contributed by atoms with Gasteiger partial charge in [-0.25, -0.2) is 0 Å². The van der Waals surface area contributed by atoms with Crippen molar-refractivity contribution in [2.45, 2.75) is 45.7 Å². The Bertz CT molecular complexity index is 383. The van der Waals surface area contributed by atoms with Crippen molar-refractivity contribution >= 4 is 0 Å². The third-order valence-corrected chi connectivity index (χ3v) is 4.42. The van der Waals surface area contributed by atoms with Crippen molar-refractivity contribution in [3.05, 3.63) is 35.4 Å². The number of benzene rings is 1. The fourth-order valence-corrected chi connectivity index (χ4v) is 3.35. The van der Waals surface area contributed by atoms with Crippen molar-refractivity contribution in [2.24, 2.45) is 5.92 Å². The molecule has 1 aromatic rings. The van der Waals surface area contributed by atoms with Gasteiger partial charge in [-0.05, 0) is 63.9 Å². The van der Waals surface area contributed by atoms with Crippen LogP contribution in [-0.4, -0.2) is 31.1 Å². The van der Waals surface area contributed by atoms with E-state index in [2.05, 4.69) is 62.3 Å². The lowest BCUT2D eigenvalue weighted by Gasteiger charge is -2.32. The maximum atomic E-state index is 3.36. The van der Waals surface area contributed by atoms with Crippen LogP contribution in [0, 0.1) is 5.92 Å². The van der Waals surface area contributed by atoms with Crippen LogP contribution in [0.5, 0.6) is 0 Å². The molecule has 1 fully saturated rings. The molecule has 0 spiro atoms. The lowest BCUT2D eigenvalue weighted by molar-refractivity contribution is 0.182. The molecule has 2 unspecified atom stereocenters. The Labute approximate surface area is 118 Å². The van der Waals surface area contributed by atoms with E-state index in [1.807, 2.05) is 0 Å². The van der Waals surface area contributed by atoms with Gasteiger partial charge in [-0.3, -0.25) is 4.90 Å². The van der Waals surface area contributed by atoms with E-state index in [0.717, 1.165) is 18.9 Å². The second-order valence-electron chi connectivity index (χ2n) is 5.98. The van der Waals surface area contributed by atoms with Gasteiger partial charge in [0, 0.05) is 12.1 Å². The zero-order chi connectivity index (χ0) is 13.8. The van der Waals surface area contributed by atoms with Gasteiger partial charge in [0.1, 0.15) is 0 Å². The number of hydrogen-bond acceptors (Lipinski definition) is 2. The highest BCUT2D eigenvalue weighted by Crippen LogP contribution is 2.38. The molecule has 2 atom stereocenters. The summed E-state index contributed by atoms with van der Waals surface area (Å²) in [6.45, 7) is 9.19. The van der Waals surface area contributed by atoms with Gasteiger partial charge < -0.3 is 5.32 Å². The van der Waals surface area contributed by atoms with Gasteiger partial charge in [0.2, 0.25) is 0 Å². The molecule has 1 saturated heterocycles. The second kappa shape index (κ2) is 6.53. The minimum absolute atomic E-state index is 0.582. The highest BCUT2D eigenvalue weighted by atomic mass is 15.2. The standard InChI is InChI=1S/C17H28N2/c1-5-14-6-8-15(9-7-14)17-16(12-18-4)10-11-19(17)13(2)3/h6-9,13,16-18H,5,10-12H2,1-4H3. The topological polar surface area (TPSA) is 15.3 Å². The van der Waals surface area contributed by atoms with Gasteiger partial charge in [0.05, 0.1) is 0 Å². The van der Waals surface area contributed by atoms with Gasteiger partial charge in [-0.2, -0.15) is 0 Å². The third kappa shape index (κ3) is 3.18. The molecule has 1 heterocycles. The summed E-state index contributed by atoms with van der Waals surface area (Å²) in [5.41, 5.74) is 2.92. The Morgan fingerprint density at radius 2 is 1.95 bits per heavy atom. The van der Waals surface area contributed by atoms with Crippen LogP contribution in [0.25, 0.3) is 0 Å². The molecule has 2 nitrogen and oxygen atoms in total. The van der Waals surface area contributed by atoms with Gasteiger partial charge in [-0.15, -0.1) is 0 Å². The minimum Gasteiger partial charge on any atom is -0.319 e. The van der Waals surface area contributed by atoms with E-state index in [9.17, 15) is 0 Å². The van der Waals surface area contributed by atoms with E-state index in [-0.39, 0.29) is 0 Å². The molecule has 2 heteroatoms. The molecule has 0 saturated carbocycles. The van der Waals surface area contributed by atoms with Crippen LogP contribution in [0.3, 0.4) is 0 Å². The maximum absolute atomic E-state index is 3.36. The van der Waals surface area contributed by atoms with Crippen molar-refractivity contribution in [3.8, 4) is 0 Å². The highest BCUT2D eigenvalue weighted by Gasteiger charge is 2.35. The van der Waals surface area contributed by atoms with Gasteiger partial charge in [0.15, 0.2) is 0 Å². The molecule has 0 amide bonds. The summed E-state index contributed by atoms with van der Waals surface area (Å²) < 4.78 is 0. The number of aryl methyl sites for hydroxylation is 1. The first-order chi connectivity index (χ1) is 9.17. The first-order valence-corrected chi connectivity index (χ1v) is 7.66. The van der Waals surface area contributed by atoms with Crippen LogP contribution < -0.4 is 5.32 Å². The lowest BCUT2D eigenvalue weighted by Crippen LogP contribution is -2.33. The number of nitrogens with zero attached hydrogens (tertiary/aromatic N) is 1. The Balaban J connectivity index is 2.23. The van der Waals surface area contributed by atoms with Crippen LogP contribution in [0.15, 0.2) is 24.3 Å². The molecule has 1 aliphatic rings. The molecule has 2 rings (SSSR count). The largest absolute Gasteiger partial charge is 0.319 e. The number of likely N-dealkylation sites (tertiary alicyclic amines) is 1. The average molecular weight is 260 g/mol. The summed E-state index contributed by atoms with van der Waals surface area (Å²) in [7, 11) is 2.06. The number of rotatable bonds is 5. The second-order valence-corrected chi connectivity index (χ2v) is 5.98. The first-order valence-electron chi connectivity index (χ1n) is 7.66. The lowest BCUT2D eigenvalue weighted by atomic mass is 9.92. The molecule has 0 aromatic heterocycles. The molecule has 0 aliphatic carbocycles. The molecular weight excluding hydrogens is 232 g/mol. The SMILES string of the molecule is CCc1ccc(C2C(CNC)CCN2C(C)C)cc1. The molecule has 0 bridgehead atoms. The van der Waals surface area contributed by atoms with Crippen molar-refractivity contribution in [1.29, 1.82) is 0 Å². The van der Waals surface area contributed by atoms with Crippen molar-refractivity contribution in [2.75, 3.05) is 20.1 Å². The van der Waals surface area contributed by atoms with E-state index in [1.165, 1.54) is 24.1 Å². The van der Waals surface area contributed by atoms with Crippen LogP contribution >= 0.6 is 0 Å². The molecule has 0 radical (unpaired) electrons. The smallest absolute Gasteiger partial charge is 0.0391 e. The highest BCUT2D eigenvalue weighted by molar-refractivity contribution is 5.26. The zero-order valence-corrected chi connectivity index (χ0v) is 12.8. The van der Waals surface area contributed by atoms with Crippen LogP contribution in [0.1, 0.15) is 44.4 Å². The molecule has 19 heavy (non-hydrogen) atoms. The van der Waals surface area contributed by atoms with Crippen LogP contribution in [0.4, 0.5) is 0 Å². The summed E-state index contributed by atoms with van der Waals surface area (Å²) in [4.78, 5) is 2.66. The zero-order valence-electron chi connectivity index (χ0n) is 12.8. The van der Waals surface area contributed by atoms with Crippen molar-refractivity contribution < 1.29 is 0 Å². The summed E-state index contributed by atoms with van der Waals surface area (Å²) in [5, 5.41) is 3.36. The maximum Gasteiger partial charge on any atom is 0.0391 e. The van der Waals surface area contributed by atoms with E-state index in [0.29, 0.717) is 12.1 Å². The first kappa shape index (κ1) is 14.5. The number of nitrogens with one attached hydrogen (secondary N) is 1. The Morgan fingerprint density at radius 3 is 2.47 bits per heavy atom. The van der Waals surface area contributed by atoms with Gasteiger partial charge in [0.25, 0.3) is 0 Å². The summed E-state index contributed by atoms with van der Waals surface area (Å²) in [6, 6.07) is 10.5. The quantitative estimate of drug-likeness (QED) is 0.874. The minimum atomic E-state index is 0.582. The third-order valence-electron chi connectivity index (χ3n) is 4.42. The van der Waals surface area contributed by atoms with E-state index < -0.39 is 0 Å². The molecule has 1 aromatic carbocycles. The van der Waals surface area contributed by atoms with E-state index in [4.69, 9.17) is 0 Å². The van der Waals surface area contributed by atoms with Crippen molar-refractivity contribution in [3.63, 3.8) is 0 Å². The van der Waals surface area contributed by atoms with Crippen LogP contribution in [-0.2, 0) is 6.42 Å². The molecule has 1 aliphatic heterocycles. The predicted molar refractivity (Wildman–Crippen MR) is 82.4 cm³/mol. The average Bonchev–Trinajstić information content (AvgIpc) is 2.83. The fraction of sp³-hybridized carbons (Fsp3) is 0.647. The molecule has 106 valence electrons. The molecular formula is C17H28N2. The van der Waals surface area contributed by atoms with E-state index in [1.54, 1.807) is 0 Å². The van der Waals surface area contributed by atoms with E-state index >= 15 is 0 Å². The van der Waals surface area contributed by atoms with Gasteiger partial charge in [-0.1, -0.05) is 31.2 Å². The van der Waals surface area contributed by atoms with Gasteiger partial charge >= 0.3 is 0 Å². The Kier molecular flexibility index (Phi) is 5.00.